The summed E-state index contributed by atoms with van der Waals surface area (Å²) in [6.07, 6.45) is 0. The van der Waals surface area contributed by atoms with Crippen molar-refractivity contribution in [2.45, 2.75) is 19.9 Å². The van der Waals surface area contributed by atoms with Gasteiger partial charge in [-0.3, -0.25) is 4.79 Å². The molecular weight excluding hydrogens is 216 g/mol. The van der Waals surface area contributed by atoms with Crippen LogP contribution in [0.15, 0.2) is 10.9 Å². The fourth-order valence-corrected chi connectivity index (χ4v) is 1.59. The molecule has 0 bridgehead atoms. The molecule has 82 valence electrons. The van der Waals surface area contributed by atoms with Crippen molar-refractivity contribution in [3.63, 3.8) is 0 Å². The van der Waals surface area contributed by atoms with Crippen molar-refractivity contribution >= 4 is 23.2 Å². The Hall–Kier alpha value is -1.43. The van der Waals surface area contributed by atoms with Gasteiger partial charge in [-0.1, -0.05) is 13.8 Å². The second-order valence-corrected chi connectivity index (χ2v) is 4.13. The van der Waals surface area contributed by atoms with E-state index in [9.17, 15) is 9.59 Å². The molecule has 0 saturated heterocycles. The van der Waals surface area contributed by atoms with E-state index in [0.717, 1.165) is 0 Å². The van der Waals surface area contributed by atoms with Crippen molar-refractivity contribution in [3.05, 3.63) is 16.6 Å². The fraction of sp³-hybridized carbons (Fsp3) is 0.444. The lowest BCUT2D eigenvalue weighted by Crippen LogP contribution is -2.44. The van der Waals surface area contributed by atoms with E-state index in [-0.39, 0.29) is 11.6 Å². The normalized spacial score (nSPS) is 12.5. The van der Waals surface area contributed by atoms with Gasteiger partial charge in [0.1, 0.15) is 11.7 Å². The minimum absolute atomic E-state index is 0.162. The number of carboxylic acids is 1. The molecule has 1 aromatic rings. The van der Waals surface area contributed by atoms with Gasteiger partial charge >= 0.3 is 5.97 Å². The topological polar surface area (TPSA) is 79.3 Å². The molecule has 1 atom stereocenters. The first-order chi connectivity index (χ1) is 7.02. The molecule has 1 aromatic heterocycles. The van der Waals surface area contributed by atoms with E-state index >= 15 is 0 Å². The van der Waals surface area contributed by atoms with Crippen LogP contribution in [0.4, 0.5) is 0 Å². The number of aliphatic carboxylic acids is 1. The molecule has 15 heavy (non-hydrogen) atoms. The molecular formula is C9H12N2O3S. The highest BCUT2D eigenvalue weighted by Crippen LogP contribution is 2.05. The maximum absolute atomic E-state index is 11.5. The smallest absolute Gasteiger partial charge is 0.326 e. The van der Waals surface area contributed by atoms with Gasteiger partial charge in [-0.25, -0.2) is 9.78 Å². The van der Waals surface area contributed by atoms with Crippen LogP contribution >= 0.6 is 11.3 Å². The Labute approximate surface area is 91.1 Å². The second kappa shape index (κ2) is 4.88. The number of nitrogens with zero attached hydrogens (tertiary/aromatic N) is 1. The van der Waals surface area contributed by atoms with Gasteiger partial charge in [-0.2, -0.15) is 0 Å². The summed E-state index contributed by atoms with van der Waals surface area (Å²) in [6, 6.07) is -0.876. The van der Waals surface area contributed by atoms with E-state index in [0.29, 0.717) is 0 Å². The predicted octanol–water partition coefficient (Wildman–Crippen LogP) is 0.982. The van der Waals surface area contributed by atoms with Crippen LogP contribution in [0.1, 0.15) is 24.3 Å². The quantitative estimate of drug-likeness (QED) is 0.805. The summed E-state index contributed by atoms with van der Waals surface area (Å²) >= 11 is 1.29. The van der Waals surface area contributed by atoms with Crippen LogP contribution in [0.5, 0.6) is 0 Å². The maximum atomic E-state index is 11.5. The zero-order valence-electron chi connectivity index (χ0n) is 8.43. The molecule has 0 fully saturated rings. The first-order valence-electron chi connectivity index (χ1n) is 4.44. The van der Waals surface area contributed by atoms with Crippen LogP contribution in [0.2, 0.25) is 0 Å². The third-order valence-electron chi connectivity index (χ3n) is 1.88. The number of hydrogen-bond donors (Lipinski definition) is 2. The predicted molar refractivity (Wildman–Crippen MR) is 55.8 cm³/mol. The molecule has 0 spiro atoms. The standard InChI is InChI=1S/C9H12N2O3S/c1-5(2)7(9(13)14)11-8(12)6-3-15-4-10-6/h3-5,7H,1-2H3,(H,11,12)(H,13,14)/t7-/m0/s1. The third kappa shape index (κ3) is 3.02. The van der Waals surface area contributed by atoms with Crippen molar-refractivity contribution in [1.29, 1.82) is 0 Å². The van der Waals surface area contributed by atoms with Gasteiger partial charge in [0.25, 0.3) is 5.91 Å². The molecule has 0 aliphatic heterocycles. The summed E-state index contributed by atoms with van der Waals surface area (Å²) in [5, 5.41) is 12.9. The molecule has 2 N–H and O–H groups in total. The second-order valence-electron chi connectivity index (χ2n) is 3.41. The highest BCUT2D eigenvalue weighted by Gasteiger charge is 2.24. The van der Waals surface area contributed by atoms with Crippen LogP contribution in [-0.2, 0) is 4.79 Å². The first-order valence-corrected chi connectivity index (χ1v) is 5.38. The minimum Gasteiger partial charge on any atom is -0.480 e. The van der Waals surface area contributed by atoms with E-state index in [1.54, 1.807) is 19.2 Å². The summed E-state index contributed by atoms with van der Waals surface area (Å²) in [6.45, 7) is 3.47. The largest absolute Gasteiger partial charge is 0.480 e. The van der Waals surface area contributed by atoms with E-state index in [4.69, 9.17) is 5.11 Å². The Balaban J connectivity index is 2.67. The van der Waals surface area contributed by atoms with Crippen LogP contribution in [-0.4, -0.2) is 28.0 Å². The molecule has 0 aliphatic carbocycles. The highest BCUT2D eigenvalue weighted by atomic mass is 32.1. The monoisotopic (exact) mass is 228 g/mol. The Kier molecular flexibility index (Phi) is 3.79. The molecule has 0 radical (unpaired) electrons. The van der Waals surface area contributed by atoms with Gasteiger partial charge in [0.2, 0.25) is 0 Å². The third-order valence-corrected chi connectivity index (χ3v) is 2.47. The van der Waals surface area contributed by atoms with Gasteiger partial charge < -0.3 is 10.4 Å². The van der Waals surface area contributed by atoms with Crippen molar-refractivity contribution < 1.29 is 14.7 Å². The number of aromatic nitrogens is 1. The zero-order chi connectivity index (χ0) is 11.4. The van der Waals surface area contributed by atoms with Gasteiger partial charge in [0.05, 0.1) is 5.51 Å². The van der Waals surface area contributed by atoms with Crippen LogP contribution in [0.25, 0.3) is 0 Å². The zero-order valence-corrected chi connectivity index (χ0v) is 9.25. The number of rotatable bonds is 4. The Bertz CT molecular complexity index is 348. The maximum Gasteiger partial charge on any atom is 0.326 e. The average molecular weight is 228 g/mol. The molecule has 1 rings (SSSR count). The number of carbonyl (C=O) groups excluding carboxylic acids is 1. The van der Waals surface area contributed by atoms with Crippen molar-refractivity contribution in [3.8, 4) is 0 Å². The van der Waals surface area contributed by atoms with Gasteiger partial charge in [-0.05, 0) is 5.92 Å². The number of nitrogens with one attached hydrogen (secondary N) is 1. The fourth-order valence-electron chi connectivity index (χ4n) is 1.05. The van der Waals surface area contributed by atoms with Gasteiger partial charge in [-0.15, -0.1) is 11.3 Å². The summed E-state index contributed by atoms with van der Waals surface area (Å²) < 4.78 is 0. The van der Waals surface area contributed by atoms with Gasteiger partial charge in [0.15, 0.2) is 0 Å². The van der Waals surface area contributed by atoms with Crippen molar-refractivity contribution in [2.75, 3.05) is 0 Å². The van der Waals surface area contributed by atoms with Crippen LogP contribution in [0, 0.1) is 5.92 Å². The van der Waals surface area contributed by atoms with Gasteiger partial charge in [0, 0.05) is 5.38 Å². The van der Waals surface area contributed by atoms with E-state index < -0.39 is 17.9 Å². The van der Waals surface area contributed by atoms with Crippen LogP contribution in [0.3, 0.4) is 0 Å². The number of carboxylic acid groups (broad SMARTS) is 1. The lowest BCUT2D eigenvalue weighted by Gasteiger charge is -2.16. The Morgan fingerprint density at radius 3 is 2.60 bits per heavy atom. The summed E-state index contributed by atoms with van der Waals surface area (Å²) in [4.78, 5) is 26.1. The average Bonchev–Trinajstić information content (AvgIpc) is 2.65. The van der Waals surface area contributed by atoms with E-state index in [2.05, 4.69) is 10.3 Å². The molecule has 6 heteroatoms. The van der Waals surface area contributed by atoms with E-state index in [1.807, 2.05) is 0 Å². The minimum atomic E-state index is -1.03. The molecule has 0 aliphatic rings. The molecule has 5 nitrogen and oxygen atoms in total. The number of hydrogen-bond acceptors (Lipinski definition) is 4. The van der Waals surface area contributed by atoms with E-state index in [1.165, 1.54) is 16.8 Å². The number of amides is 1. The highest BCUT2D eigenvalue weighted by molar-refractivity contribution is 7.07. The van der Waals surface area contributed by atoms with Crippen molar-refractivity contribution in [2.24, 2.45) is 5.92 Å². The summed E-state index contributed by atoms with van der Waals surface area (Å²) in [5.74, 6) is -1.64. The summed E-state index contributed by atoms with van der Waals surface area (Å²) in [7, 11) is 0. The SMILES string of the molecule is CC(C)[C@H](NC(=O)c1cscn1)C(=O)O. The lowest BCUT2D eigenvalue weighted by molar-refractivity contribution is -0.140. The molecule has 0 aromatic carbocycles. The number of carbonyl (C=O) groups is 2. The number of thiazole rings is 1. The Morgan fingerprint density at radius 2 is 2.20 bits per heavy atom. The Morgan fingerprint density at radius 1 is 1.53 bits per heavy atom. The molecule has 1 heterocycles. The summed E-state index contributed by atoms with van der Waals surface area (Å²) in [5.41, 5.74) is 1.78. The molecule has 1 amide bonds. The lowest BCUT2D eigenvalue weighted by atomic mass is 10.0. The van der Waals surface area contributed by atoms with Crippen LogP contribution < -0.4 is 5.32 Å². The first kappa shape index (κ1) is 11.6. The molecule has 0 saturated carbocycles. The van der Waals surface area contributed by atoms with Crippen molar-refractivity contribution in [1.82, 2.24) is 10.3 Å². The molecule has 0 unspecified atom stereocenters.